The van der Waals surface area contributed by atoms with Gasteiger partial charge < -0.3 is 0 Å². The molecule has 18 heavy (non-hydrogen) atoms. The molecular formula is C8H7BrClN5O2S. The molecule has 1 aromatic heterocycles. The molecule has 0 atom stereocenters. The van der Waals surface area contributed by atoms with E-state index in [9.17, 15) is 8.42 Å². The summed E-state index contributed by atoms with van der Waals surface area (Å²) in [7, 11) is -2.30. The Morgan fingerprint density at radius 3 is 2.72 bits per heavy atom. The van der Waals surface area contributed by atoms with E-state index in [1.54, 1.807) is 6.07 Å². The van der Waals surface area contributed by atoms with Crippen LogP contribution in [0.2, 0.25) is 5.02 Å². The quantitative estimate of drug-likeness (QED) is 0.902. The van der Waals surface area contributed by atoms with Gasteiger partial charge in [-0.25, -0.2) is 13.1 Å². The van der Waals surface area contributed by atoms with E-state index in [1.165, 1.54) is 19.2 Å². The number of nitrogens with one attached hydrogen (secondary N) is 1. The van der Waals surface area contributed by atoms with Crippen LogP contribution in [0.5, 0.6) is 0 Å². The zero-order valence-corrected chi connectivity index (χ0v) is 12.2. The van der Waals surface area contributed by atoms with Crippen molar-refractivity contribution in [3.8, 4) is 0 Å². The van der Waals surface area contributed by atoms with Gasteiger partial charge in [-0.2, -0.15) is 4.80 Å². The molecule has 0 aliphatic carbocycles. The lowest BCUT2D eigenvalue weighted by Crippen LogP contribution is -2.14. The van der Waals surface area contributed by atoms with Crippen LogP contribution in [0.25, 0.3) is 0 Å². The number of hydrogen-bond donors (Lipinski definition) is 1. The largest absolute Gasteiger partial charge is 0.277 e. The number of tetrazole rings is 1. The van der Waals surface area contributed by atoms with Gasteiger partial charge in [0.15, 0.2) is 0 Å². The second kappa shape index (κ2) is 4.82. The monoisotopic (exact) mass is 351 g/mol. The predicted molar refractivity (Wildman–Crippen MR) is 68.8 cm³/mol. The molecule has 7 nitrogen and oxygen atoms in total. The SMILES string of the molecule is Cn1nnc(NS(=O)(=O)c2ccc(Br)cc2Cl)n1. The maximum atomic E-state index is 12.0. The Morgan fingerprint density at radius 1 is 1.44 bits per heavy atom. The molecule has 0 aliphatic heterocycles. The number of rotatable bonds is 3. The topological polar surface area (TPSA) is 89.8 Å². The van der Waals surface area contributed by atoms with Gasteiger partial charge in [-0.05, 0) is 23.4 Å². The summed E-state index contributed by atoms with van der Waals surface area (Å²) in [5.41, 5.74) is 0. The van der Waals surface area contributed by atoms with Crippen molar-refractivity contribution in [1.29, 1.82) is 0 Å². The standard InChI is InChI=1S/C8H7BrClN5O2S/c1-15-12-8(11-14-15)13-18(16,17)7-3-2-5(9)4-6(7)10/h2-4H,1H3,(H,12,13). The van der Waals surface area contributed by atoms with Gasteiger partial charge in [-0.15, -0.1) is 5.10 Å². The number of aromatic nitrogens is 4. The van der Waals surface area contributed by atoms with Crippen molar-refractivity contribution in [1.82, 2.24) is 20.2 Å². The molecule has 10 heteroatoms. The fourth-order valence-electron chi connectivity index (χ4n) is 1.19. The van der Waals surface area contributed by atoms with E-state index >= 15 is 0 Å². The average molecular weight is 353 g/mol. The van der Waals surface area contributed by atoms with E-state index in [2.05, 4.69) is 36.1 Å². The van der Waals surface area contributed by atoms with Gasteiger partial charge in [0, 0.05) is 4.47 Å². The molecule has 0 spiro atoms. The highest BCUT2D eigenvalue weighted by Gasteiger charge is 2.20. The lowest BCUT2D eigenvalue weighted by Gasteiger charge is -2.06. The Balaban J connectivity index is 2.36. The first-order valence-corrected chi connectivity index (χ1v) is 7.26. The minimum Gasteiger partial charge on any atom is -0.244 e. The van der Waals surface area contributed by atoms with Gasteiger partial charge in [0.2, 0.25) is 0 Å². The number of aryl methyl sites for hydroxylation is 1. The molecular weight excluding hydrogens is 346 g/mol. The summed E-state index contributed by atoms with van der Waals surface area (Å²) in [5, 5.41) is 10.9. The molecule has 96 valence electrons. The molecule has 1 heterocycles. The average Bonchev–Trinajstić information content (AvgIpc) is 2.62. The molecule has 0 unspecified atom stereocenters. The second-order valence-electron chi connectivity index (χ2n) is 3.28. The number of nitrogens with zero attached hydrogens (tertiary/aromatic N) is 4. The minimum atomic E-state index is -3.83. The van der Waals surface area contributed by atoms with Crippen LogP contribution in [0, 0.1) is 0 Å². The number of halogens is 2. The number of sulfonamides is 1. The molecule has 0 radical (unpaired) electrons. The highest BCUT2D eigenvalue weighted by molar-refractivity contribution is 9.10. The molecule has 0 aliphatic rings. The van der Waals surface area contributed by atoms with Gasteiger partial charge in [-0.3, -0.25) is 0 Å². The van der Waals surface area contributed by atoms with Crippen LogP contribution >= 0.6 is 27.5 Å². The summed E-state index contributed by atoms with van der Waals surface area (Å²) in [5.74, 6) is -0.114. The molecule has 0 amide bonds. The predicted octanol–water partition coefficient (Wildman–Crippen LogP) is 1.43. The Morgan fingerprint density at radius 2 is 2.17 bits per heavy atom. The van der Waals surface area contributed by atoms with Gasteiger partial charge in [0.25, 0.3) is 16.0 Å². The Bertz CT molecular complexity index is 687. The van der Waals surface area contributed by atoms with Crippen LogP contribution in [0.15, 0.2) is 27.6 Å². The van der Waals surface area contributed by atoms with Crippen LogP contribution < -0.4 is 4.72 Å². The smallest absolute Gasteiger partial charge is 0.244 e. The normalized spacial score (nSPS) is 11.5. The van der Waals surface area contributed by atoms with Crippen LogP contribution in [-0.2, 0) is 17.1 Å². The first-order valence-electron chi connectivity index (χ1n) is 4.60. The van der Waals surface area contributed by atoms with Gasteiger partial charge in [0.05, 0.1) is 12.1 Å². The molecule has 1 N–H and O–H groups in total. The van der Waals surface area contributed by atoms with E-state index in [0.717, 1.165) is 4.80 Å². The third-order valence-electron chi connectivity index (χ3n) is 1.92. The lowest BCUT2D eigenvalue weighted by atomic mass is 10.4. The summed E-state index contributed by atoms with van der Waals surface area (Å²) >= 11 is 9.07. The maximum Gasteiger partial charge on any atom is 0.277 e. The van der Waals surface area contributed by atoms with Gasteiger partial charge >= 0.3 is 0 Å². The summed E-state index contributed by atoms with van der Waals surface area (Å²) in [4.78, 5) is 1.08. The molecule has 0 fully saturated rings. The maximum absolute atomic E-state index is 12.0. The van der Waals surface area contributed by atoms with E-state index in [-0.39, 0.29) is 15.9 Å². The van der Waals surface area contributed by atoms with E-state index in [1.807, 2.05) is 0 Å². The van der Waals surface area contributed by atoms with E-state index in [4.69, 9.17) is 11.6 Å². The zero-order chi connectivity index (χ0) is 13.3. The van der Waals surface area contributed by atoms with Crippen molar-refractivity contribution in [3.63, 3.8) is 0 Å². The first-order chi connectivity index (χ1) is 8.38. The molecule has 2 rings (SSSR count). The Hall–Kier alpha value is -1.19. The Labute approximate surface area is 116 Å². The fourth-order valence-corrected chi connectivity index (χ4v) is 3.17. The number of benzene rings is 1. The molecule has 0 saturated carbocycles. The van der Waals surface area contributed by atoms with Crippen molar-refractivity contribution in [3.05, 3.63) is 27.7 Å². The molecule has 0 saturated heterocycles. The van der Waals surface area contributed by atoms with Crippen LogP contribution in [0.4, 0.5) is 5.95 Å². The van der Waals surface area contributed by atoms with Crippen molar-refractivity contribution in [2.45, 2.75) is 4.90 Å². The molecule has 0 bridgehead atoms. The van der Waals surface area contributed by atoms with E-state index < -0.39 is 10.0 Å². The third kappa shape index (κ3) is 2.79. The first kappa shape index (κ1) is 13.2. The third-order valence-corrected chi connectivity index (χ3v) is 4.22. The fraction of sp³-hybridized carbons (Fsp3) is 0.125. The molecule has 1 aromatic carbocycles. The molecule has 2 aromatic rings. The highest BCUT2D eigenvalue weighted by Crippen LogP contribution is 2.26. The summed E-state index contributed by atoms with van der Waals surface area (Å²) in [6.45, 7) is 0. The lowest BCUT2D eigenvalue weighted by molar-refractivity contribution is 0.600. The van der Waals surface area contributed by atoms with Gasteiger partial charge in [-0.1, -0.05) is 32.6 Å². The zero-order valence-electron chi connectivity index (χ0n) is 9.00. The van der Waals surface area contributed by atoms with Crippen LogP contribution in [0.3, 0.4) is 0 Å². The van der Waals surface area contributed by atoms with Crippen LogP contribution in [-0.4, -0.2) is 28.6 Å². The second-order valence-corrected chi connectivity index (χ2v) is 6.26. The minimum absolute atomic E-state index is 0.0557. The number of anilines is 1. The van der Waals surface area contributed by atoms with Crippen molar-refractivity contribution in [2.24, 2.45) is 7.05 Å². The van der Waals surface area contributed by atoms with Crippen LogP contribution in [0.1, 0.15) is 0 Å². The summed E-state index contributed by atoms with van der Waals surface area (Å²) < 4.78 is 26.9. The van der Waals surface area contributed by atoms with Crippen molar-refractivity contribution in [2.75, 3.05) is 4.72 Å². The van der Waals surface area contributed by atoms with E-state index in [0.29, 0.717) is 4.47 Å². The summed E-state index contributed by atoms with van der Waals surface area (Å²) in [6, 6.07) is 4.44. The number of hydrogen-bond acceptors (Lipinski definition) is 5. The van der Waals surface area contributed by atoms with Gasteiger partial charge in [0.1, 0.15) is 4.90 Å². The highest BCUT2D eigenvalue weighted by atomic mass is 79.9. The summed E-state index contributed by atoms with van der Waals surface area (Å²) in [6.07, 6.45) is 0. The van der Waals surface area contributed by atoms with Crippen molar-refractivity contribution >= 4 is 43.5 Å². The van der Waals surface area contributed by atoms with Crippen molar-refractivity contribution < 1.29 is 8.42 Å². The Kier molecular flexibility index (Phi) is 3.55.